The van der Waals surface area contributed by atoms with E-state index >= 15 is 0 Å². The van der Waals surface area contributed by atoms with Crippen molar-refractivity contribution < 1.29 is 14.3 Å². The Morgan fingerprint density at radius 3 is 2.91 bits per heavy atom. The second-order valence-corrected chi connectivity index (χ2v) is 6.47. The van der Waals surface area contributed by atoms with Crippen LogP contribution in [0.5, 0.6) is 0 Å². The molecule has 1 aliphatic heterocycles. The molecule has 2 aromatic rings. The molecule has 1 aromatic heterocycles. The van der Waals surface area contributed by atoms with Crippen LogP contribution in [0.2, 0.25) is 0 Å². The van der Waals surface area contributed by atoms with Gasteiger partial charge in [0.2, 0.25) is 0 Å². The number of likely N-dealkylation sites (tertiary alicyclic amines) is 1. The van der Waals surface area contributed by atoms with E-state index in [2.05, 4.69) is 11.9 Å². The van der Waals surface area contributed by atoms with Crippen LogP contribution in [0.1, 0.15) is 41.9 Å². The number of carbonyl (C=O) groups excluding carboxylic acids is 2. The molecule has 2 bridgehead atoms. The van der Waals surface area contributed by atoms with E-state index in [0.29, 0.717) is 18.7 Å². The number of benzene rings is 1. The summed E-state index contributed by atoms with van der Waals surface area (Å²) in [7, 11) is 1.42. The van der Waals surface area contributed by atoms with Crippen LogP contribution < -0.4 is 0 Å². The van der Waals surface area contributed by atoms with Crippen molar-refractivity contribution in [1.29, 1.82) is 0 Å². The van der Waals surface area contributed by atoms with Crippen molar-refractivity contribution >= 4 is 22.8 Å². The standard InChI is InChI=1S/C18H20N2O3/c1-3-10-9-20(18(22)23-2)14-8-12(10)17(21)16-15(14)11-6-4-5-7-13(11)19-16/h4-7,10,12,14,19H,3,8-9H2,1-2H3/t10-,12+,14+/m0/s1. The molecular weight excluding hydrogens is 292 g/mol. The summed E-state index contributed by atoms with van der Waals surface area (Å²) in [4.78, 5) is 30.3. The van der Waals surface area contributed by atoms with Crippen LogP contribution in [0, 0.1) is 11.8 Å². The van der Waals surface area contributed by atoms with Crippen molar-refractivity contribution in [2.24, 2.45) is 11.8 Å². The maximum Gasteiger partial charge on any atom is 0.410 e. The lowest BCUT2D eigenvalue weighted by molar-refractivity contribution is 0.0350. The summed E-state index contributed by atoms with van der Waals surface area (Å²) in [6, 6.07) is 7.82. The van der Waals surface area contributed by atoms with Gasteiger partial charge in [-0.2, -0.15) is 0 Å². The predicted molar refractivity (Wildman–Crippen MR) is 86.4 cm³/mol. The average molecular weight is 312 g/mol. The van der Waals surface area contributed by atoms with Gasteiger partial charge in [0.15, 0.2) is 5.78 Å². The lowest BCUT2D eigenvalue weighted by Crippen LogP contribution is -2.50. The molecule has 5 nitrogen and oxygen atoms in total. The molecule has 120 valence electrons. The van der Waals surface area contributed by atoms with Crippen LogP contribution in [0.3, 0.4) is 0 Å². The monoisotopic (exact) mass is 312 g/mol. The Morgan fingerprint density at radius 1 is 1.39 bits per heavy atom. The van der Waals surface area contributed by atoms with Crippen molar-refractivity contribution in [3.63, 3.8) is 0 Å². The third kappa shape index (κ3) is 1.92. The zero-order chi connectivity index (χ0) is 16.1. The van der Waals surface area contributed by atoms with Crippen LogP contribution in [0.25, 0.3) is 10.9 Å². The highest BCUT2D eigenvalue weighted by molar-refractivity contribution is 6.05. The number of ether oxygens (including phenoxy) is 1. The van der Waals surface area contributed by atoms with Gasteiger partial charge in [-0.3, -0.25) is 4.79 Å². The molecular formula is C18H20N2O3. The van der Waals surface area contributed by atoms with Gasteiger partial charge in [-0.1, -0.05) is 31.5 Å². The van der Waals surface area contributed by atoms with E-state index in [1.54, 1.807) is 4.90 Å². The van der Waals surface area contributed by atoms with E-state index in [9.17, 15) is 9.59 Å². The van der Waals surface area contributed by atoms with Gasteiger partial charge in [-0.15, -0.1) is 0 Å². The summed E-state index contributed by atoms with van der Waals surface area (Å²) < 4.78 is 5.00. The molecule has 1 aromatic carbocycles. The predicted octanol–water partition coefficient (Wildman–Crippen LogP) is 3.52. The van der Waals surface area contributed by atoms with Gasteiger partial charge in [0.25, 0.3) is 0 Å². The molecule has 0 radical (unpaired) electrons. The maximum absolute atomic E-state index is 12.9. The van der Waals surface area contributed by atoms with Crippen molar-refractivity contribution in [2.45, 2.75) is 25.8 Å². The van der Waals surface area contributed by atoms with Crippen molar-refractivity contribution in [3.8, 4) is 0 Å². The van der Waals surface area contributed by atoms with Crippen LogP contribution >= 0.6 is 0 Å². The minimum Gasteiger partial charge on any atom is -0.453 e. The number of aromatic amines is 1. The first-order chi connectivity index (χ1) is 11.2. The number of ketones is 1. The Hall–Kier alpha value is -2.30. The highest BCUT2D eigenvalue weighted by Gasteiger charge is 2.48. The zero-order valence-corrected chi connectivity index (χ0v) is 13.3. The summed E-state index contributed by atoms with van der Waals surface area (Å²) in [5.74, 6) is 0.382. The smallest absolute Gasteiger partial charge is 0.410 e. The summed E-state index contributed by atoms with van der Waals surface area (Å²) in [6.07, 6.45) is 1.27. The Labute approximate surface area is 134 Å². The number of H-pyrrole nitrogens is 1. The average Bonchev–Trinajstić information content (AvgIpc) is 2.98. The van der Waals surface area contributed by atoms with E-state index in [-0.39, 0.29) is 29.8 Å². The molecule has 1 amide bonds. The lowest BCUT2D eigenvalue weighted by atomic mass is 9.71. The molecule has 1 N–H and O–H groups in total. The minimum atomic E-state index is -0.308. The van der Waals surface area contributed by atoms with Gasteiger partial charge in [-0.25, -0.2) is 4.79 Å². The van der Waals surface area contributed by atoms with Gasteiger partial charge in [0, 0.05) is 28.9 Å². The maximum atomic E-state index is 12.9. The summed E-state index contributed by atoms with van der Waals surface area (Å²) in [6.45, 7) is 2.66. The number of fused-ring (bicyclic) bond motifs is 6. The topological polar surface area (TPSA) is 62.4 Å². The summed E-state index contributed by atoms with van der Waals surface area (Å²) >= 11 is 0. The second-order valence-electron chi connectivity index (χ2n) is 6.47. The molecule has 0 spiro atoms. The number of hydrogen-bond acceptors (Lipinski definition) is 3. The molecule has 0 unspecified atom stereocenters. The first-order valence-electron chi connectivity index (χ1n) is 8.15. The number of para-hydroxylation sites is 1. The number of methoxy groups -OCH3 is 1. The number of amides is 1. The Bertz CT molecular complexity index is 795. The molecule has 1 aliphatic carbocycles. The number of carbonyl (C=O) groups is 2. The molecule has 3 atom stereocenters. The van der Waals surface area contributed by atoms with Gasteiger partial charge >= 0.3 is 6.09 Å². The Balaban J connectivity index is 1.92. The second kappa shape index (κ2) is 5.11. The summed E-state index contributed by atoms with van der Waals surface area (Å²) in [5.41, 5.74) is 2.59. The number of nitrogens with one attached hydrogen (secondary N) is 1. The van der Waals surface area contributed by atoms with E-state index in [0.717, 1.165) is 22.9 Å². The van der Waals surface area contributed by atoms with Gasteiger partial charge < -0.3 is 14.6 Å². The first kappa shape index (κ1) is 14.3. The number of aromatic nitrogens is 1. The lowest BCUT2D eigenvalue weighted by Gasteiger charge is -2.45. The number of piperidine rings is 1. The molecule has 1 saturated heterocycles. The SMILES string of the molecule is CC[C@H]1CN(C(=O)OC)[C@@H]2C[C@H]1C(=O)c1[nH]c3ccccc3c12. The van der Waals surface area contributed by atoms with Crippen molar-refractivity contribution in [2.75, 3.05) is 13.7 Å². The quantitative estimate of drug-likeness (QED) is 0.876. The summed E-state index contributed by atoms with van der Waals surface area (Å²) in [5, 5.41) is 1.03. The van der Waals surface area contributed by atoms with Crippen LogP contribution in [-0.2, 0) is 4.74 Å². The fourth-order valence-corrected chi connectivity index (χ4v) is 4.28. The normalized spacial score (nSPS) is 26.3. The third-order valence-electron chi connectivity index (χ3n) is 5.45. The number of rotatable bonds is 1. The van der Waals surface area contributed by atoms with Gasteiger partial charge in [-0.05, 0) is 18.4 Å². The Kier molecular flexibility index (Phi) is 3.18. The van der Waals surface area contributed by atoms with Crippen LogP contribution in [-0.4, -0.2) is 35.4 Å². The number of hydrogen-bond donors (Lipinski definition) is 1. The van der Waals surface area contributed by atoms with Gasteiger partial charge in [0.05, 0.1) is 18.8 Å². The molecule has 5 heteroatoms. The highest BCUT2D eigenvalue weighted by atomic mass is 16.5. The van der Waals surface area contributed by atoms with E-state index < -0.39 is 0 Å². The molecule has 1 fully saturated rings. The molecule has 4 rings (SSSR count). The van der Waals surface area contributed by atoms with Crippen LogP contribution in [0.4, 0.5) is 4.79 Å². The number of Topliss-reactive ketones (excluding diaryl/α,β-unsaturated/α-hetero) is 1. The van der Waals surface area contributed by atoms with Gasteiger partial charge in [0.1, 0.15) is 0 Å². The van der Waals surface area contributed by atoms with Crippen LogP contribution in [0.15, 0.2) is 24.3 Å². The fourth-order valence-electron chi connectivity index (χ4n) is 4.28. The number of nitrogens with zero attached hydrogens (tertiary/aromatic N) is 1. The van der Waals surface area contributed by atoms with E-state index in [1.807, 2.05) is 24.3 Å². The molecule has 2 heterocycles. The van der Waals surface area contributed by atoms with Crippen molar-refractivity contribution in [3.05, 3.63) is 35.5 Å². The molecule has 2 aliphatic rings. The molecule has 23 heavy (non-hydrogen) atoms. The first-order valence-corrected chi connectivity index (χ1v) is 8.15. The fraction of sp³-hybridized carbons (Fsp3) is 0.444. The van der Waals surface area contributed by atoms with Crippen molar-refractivity contribution in [1.82, 2.24) is 9.88 Å². The molecule has 0 saturated carbocycles. The Morgan fingerprint density at radius 2 is 2.17 bits per heavy atom. The minimum absolute atomic E-state index is 0.00790. The zero-order valence-electron chi connectivity index (χ0n) is 13.3. The van der Waals surface area contributed by atoms with E-state index in [4.69, 9.17) is 4.74 Å². The third-order valence-corrected chi connectivity index (χ3v) is 5.45. The largest absolute Gasteiger partial charge is 0.453 e. The van der Waals surface area contributed by atoms with E-state index in [1.165, 1.54) is 7.11 Å². The highest BCUT2D eigenvalue weighted by Crippen LogP contribution is 2.47.